The van der Waals surface area contributed by atoms with E-state index in [1.165, 1.54) is 0 Å². The van der Waals surface area contributed by atoms with E-state index in [0.717, 1.165) is 24.8 Å². The second kappa shape index (κ2) is 18.0. The summed E-state index contributed by atoms with van der Waals surface area (Å²) < 4.78 is 10.9. The molecule has 0 spiro atoms. The quantitative estimate of drug-likeness (QED) is 0.119. The zero-order valence-corrected chi connectivity index (χ0v) is 27.3. The fourth-order valence-corrected chi connectivity index (χ4v) is 6.18. The summed E-state index contributed by atoms with van der Waals surface area (Å²) in [7, 11) is 0. The van der Waals surface area contributed by atoms with Gasteiger partial charge in [-0.2, -0.15) is 0 Å². The molecular formula is C33H59NO8. The Morgan fingerprint density at radius 2 is 1.64 bits per heavy atom. The number of aliphatic hydroxyl groups is 4. The fraction of sp³-hybridized carbons (Fsp3) is 0.818. The molecule has 9 heteroatoms. The van der Waals surface area contributed by atoms with Crippen LogP contribution in [0.15, 0.2) is 23.8 Å². The maximum Gasteiger partial charge on any atom is 0.404 e. The SMILES string of the molecule is CCCC[C@H](C)[C@H](OC(N)=O)[C@@H](C)[C@H](O)[C@@H](C)C/C(C)=C\[C@H](C)[C@@H](O)[C@@H](C)/C=C\[C@@H](O)C[C@@H]1OC(=O)[C@H](C)[C@@H](O)[C@H]1C. The number of hydrogen-bond donors (Lipinski definition) is 5. The highest BCUT2D eigenvalue weighted by Crippen LogP contribution is 2.31. The molecule has 6 N–H and O–H groups in total. The first-order valence-corrected chi connectivity index (χ1v) is 15.8. The minimum absolute atomic E-state index is 0.0746. The summed E-state index contributed by atoms with van der Waals surface area (Å²) in [5.74, 6) is -2.09. The topological polar surface area (TPSA) is 160 Å². The summed E-state index contributed by atoms with van der Waals surface area (Å²) in [5, 5.41) is 42.9. The molecule has 13 atom stereocenters. The Kier molecular flexibility index (Phi) is 16.3. The Morgan fingerprint density at radius 3 is 2.21 bits per heavy atom. The van der Waals surface area contributed by atoms with Crippen LogP contribution in [0.1, 0.15) is 94.4 Å². The van der Waals surface area contributed by atoms with E-state index < -0.39 is 54.6 Å². The number of ether oxygens (including phenoxy) is 2. The lowest BCUT2D eigenvalue weighted by Crippen LogP contribution is -2.47. The standard InChI is InChI=1S/C33H59NO8/c1-10-11-12-20(4)31(42-33(34)40)24(8)29(37)22(6)16-18(2)15-21(5)28(36)19(3)13-14-26(35)17-27-23(7)30(38)25(9)32(39)41-27/h13-15,19-31,35-38H,10-12,16-17H2,1-9H3,(H2,34,40)/b14-13-,18-15-/t19-,20-,21-,22-,23-,24-,25+,26+,27-,28-,29+,30-,31-/m0/s1. The van der Waals surface area contributed by atoms with Crippen molar-refractivity contribution < 1.29 is 39.5 Å². The monoisotopic (exact) mass is 597 g/mol. The van der Waals surface area contributed by atoms with E-state index in [-0.39, 0.29) is 41.9 Å². The normalized spacial score (nSPS) is 28.2. The Hall–Kier alpha value is -1.94. The maximum absolute atomic E-state index is 12.0. The number of allylic oxidation sites excluding steroid dienone is 1. The van der Waals surface area contributed by atoms with Crippen LogP contribution in [-0.2, 0) is 14.3 Å². The third-order valence-corrected chi connectivity index (χ3v) is 9.12. The van der Waals surface area contributed by atoms with Crippen LogP contribution in [0.4, 0.5) is 4.79 Å². The summed E-state index contributed by atoms with van der Waals surface area (Å²) in [6.45, 7) is 17.2. The number of carbonyl (C=O) groups excluding carboxylic acids is 2. The molecule has 0 saturated carbocycles. The molecule has 0 aliphatic carbocycles. The van der Waals surface area contributed by atoms with Gasteiger partial charge >= 0.3 is 12.1 Å². The van der Waals surface area contributed by atoms with Gasteiger partial charge in [0.1, 0.15) is 12.2 Å². The maximum atomic E-state index is 12.0. The van der Waals surface area contributed by atoms with Gasteiger partial charge < -0.3 is 35.6 Å². The number of amides is 1. The van der Waals surface area contributed by atoms with Gasteiger partial charge in [0.25, 0.3) is 0 Å². The first kappa shape index (κ1) is 38.1. The van der Waals surface area contributed by atoms with Crippen LogP contribution in [0.2, 0.25) is 0 Å². The van der Waals surface area contributed by atoms with Crippen molar-refractivity contribution in [3.05, 3.63) is 23.8 Å². The van der Waals surface area contributed by atoms with Crippen LogP contribution >= 0.6 is 0 Å². The van der Waals surface area contributed by atoms with Gasteiger partial charge in [0.15, 0.2) is 0 Å². The van der Waals surface area contributed by atoms with Crippen LogP contribution in [0, 0.1) is 41.4 Å². The van der Waals surface area contributed by atoms with Crippen molar-refractivity contribution in [1.29, 1.82) is 0 Å². The van der Waals surface area contributed by atoms with Crippen molar-refractivity contribution in [2.45, 2.75) is 131 Å². The highest BCUT2D eigenvalue weighted by Gasteiger charge is 2.41. The van der Waals surface area contributed by atoms with Crippen molar-refractivity contribution in [3.63, 3.8) is 0 Å². The van der Waals surface area contributed by atoms with Gasteiger partial charge in [0.05, 0.1) is 30.3 Å². The number of nitrogens with two attached hydrogens (primary N) is 1. The van der Waals surface area contributed by atoms with E-state index >= 15 is 0 Å². The highest BCUT2D eigenvalue weighted by molar-refractivity contribution is 5.73. The molecule has 1 rings (SSSR count). The van der Waals surface area contributed by atoms with Gasteiger partial charge in [0.2, 0.25) is 0 Å². The van der Waals surface area contributed by atoms with Crippen molar-refractivity contribution in [3.8, 4) is 0 Å². The van der Waals surface area contributed by atoms with Gasteiger partial charge in [-0.1, -0.05) is 85.1 Å². The van der Waals surface area contributed by atoms with Crippen LogP contribution < -0.4 is 5.73 Å². The van der Waals surface area contributed by atoms with E-state index in [0.29, 0.717) is 6.42 Å². The largest absolute Gasteiger partial charge is 0.462 e. The lowest BCUT2D eigenvalue weighted by atomic mass is 9.80. The first-order valence-electron chi connectivity index (χ1n) is 15.8. The third-order valence-electron chi connectivity index (χ3n) is 9.12. The number of cyclic esters (lactones) is 1. The summed E-state index contributed by atoms with van der Waals surface area (Å²) in [5.41, 5.74) is 6.37. The average Bonchev–Trinajstić information content (AvgIpc) is 2.93. The zero-order chi connectivity index (χ0) is 32.3. The number of carbonyl (C=O) groups is 2. The van der Waals surface area contributed by atoms with E-state index in [4.69, 9.17) is 15.2 Å². The Labute approximate surface area is 253 Å². The molecule has 0 aromatic heterocycles. The van der Waals surface area contributed by atoms with Crippen LogP contribution in [0.25, 0.3) is 0 Å². The molecule has 42 heavy (non-hydrogen) atoms. The number of unbranched alkanes of at least 4 members (excludes halogenated alkanes) is 1. The predicted molar refractivity (Wildman–Crippen MR) is 164 cm³/mol. The Bertz CT molecular complexity index is 891. The lowest BCUT2D eigenvalue weighted by Gasteiger charge is -2.36. The molecule has 244 valence electrons. The molecule has 0 aromatic rings. The minimum atomic E-state index is -0.885. The summed E-state index contributed by atoms with van der Waals surface area (Å²) in [6.07, 6.45) is 4.09. The predicted octanol–water partition coefficient (Wildman–Crippen LogP) is 4.74. The number of hydrogen-bond acceptors (Lipinski definition) is 8. The van der Waals surface area contributed by atoms with Crippen molar-refractivity contribution >= 4 is 12.1 Å². The van der Waals surface area contributed by atoms with Crippen molar-refractivity contribution in [2.75, 3.05) is 0 Å². The molecule has 0 radical (unpaired) electrons. The third kappa shape index (κ3) is 11.6. The number of aliphatic hydroxyl groups excluding tert-OH is 4. The summed E-state index contributed by atoms with van der Waals surface area (Å²) in [6, 6.07) is 0. The van der Waals surface area contributed by atoms with Crippen LogP contribution in [-0.4, -0.2) is 69.1 Å². The fourth-order valence-electron chi connectivity index (χ4n) is 6.18. The molecule has 0 unspecified atom stereocenters. The molecule has 9 nitrogen and oxygen atoms in total. The molecule has 1 aliphatic heterocycles. The Morgan fingerprint density at radius 1 is 1.02 bits per heavy atom. The van der Waals surface area contributed by atoms with Crippen LogP contribution in [0.3, 0.4) is 0 Å². The smallest absolute Gasteiger partial charge is 0.404 e. The zero-order valence-electron chi connectivity index (χ0n) is 27.3. The molecule has 1 saturated heterocycles. The molecule has 1 amide bonds. The van der Waals surface area contributed by atoms with Gasteiger partial charge in [-0.3, -0.25) is 4.79 Å². The van der Waals surface area contributed by atoms with E-state index in [2.05, 4.69) is 6.92 Å². The highest BCUT2D eigenvalue weighted by atomic mass is 16.6. The van der Waals surface area contributed by atoms with Crippen LogP contribution in [0.5, 0.6) is 0 Å². The molecule has 0 bridgehead atoms. The number of esters is 1. The van der Waals surface area contributed by atoms with E-state index in [1.807, 2.05) is 47.6 Å². The second-order valence-corrected chi connectivity index (χ2v) is 13.1. The first-order chi connectivity index (χ1) is 19.5. The van der Waals surface area contributed by atoms with E-state index in [1.54, 1.807) is 26.0 Å². The van der Waals surface area contributed by atoms with Gasteiger partial charge in [-0.05, 0) is 38.5 Å². The van der Waals surface area contributed by atoms with Crippen molar-refractivity contribution in [2.24, 2.45) is 47.2 Å². The average molecular weight is 598 g/mol. The number of rotatable bonds is 17. The molecule has 1 aliphatic rings. The second-order valence-electron chi connectivity index (χ2n) is 13.1. The molecule has 0 aromatic carbocycles. The Balaban J connectivity index is 2.74. The molecule has 1 fully saturated rings. The van der Waals surface area contributed by atoms with Gasteiger partial charge in [-0.15, -0.1) is 0 Å². The molecular weight excluding hydrogens is 538 g/mol. The summed E-state index contributed by atoms with van der Waals surface area (Å²) >= 11 is 0. The minimum Gasteiger partial charge on any atom is -0.462 e. The van der Waals surface area contributed by atoms with Gasteiger partial charge in [-0.25, -0.2) is 4.79 Å². The molecule has 1 heterocycles. The van der Waals surface area contributed by atoms with E-state index in [9.17, 15) is 30.0 Å². The lowest BCUT2D eigenvalue weighted by molar-refractivity contribution is -0.179. The number of primary amides is 1. The van der Waals surface area contributed by atoms with Crippen molar-refractivity contribution in [1.82, 2.24) is 0 Å². The van der Waals surface area contributed by atoms with Gasteiger partial charge in [0, 0.05) is 30.1 Å². The summed E-state index contributed by atoms with van der Waals surface area (Å²) in [4.78, 5) is 23.5.